The summed E-state index contributed by atoms with van der Waals surface area (Å²) in [5.41, 5.74) is 6.44. The molecule has 1 unspecified atom stereocenters. The van der Waals surface area contributed by atoms with Crippen molar-refractivity contribution in [2.45, 2.75) is 76.3 Å². The molecule has 1 atom stereocenters. The Labute approximate surface area is 111 Å². The van der Waals surface area contributed by atoms with Gasteiger partial charge in [0, 0.05) is 6.04 Å². The zero-order valence-corrected chi connectivity index (χ0v) is 11.7. The van der Waals surface area contributed by atoms with E-state index >= 15 is 0 Å². The van der Waals surface area contributed by atoms with Crippen LogP contribution in [0.5, 0.6) is 0 Å². The van der Waals surface area contributed by atoms with E-state index in [9.17, 15) is 0 Å². The van der Waals surface area contributed by atoms with Crippen molar-refractivity contribution >= 4 is 5.96 Å². The van der Waals surface area contributed by atoms with Gasteiger partial charge in [-0.3, -0.25) is 4.99 Å². The van der Waals surface area contributed by atoms with Crippen molar-refractivity contribution in [1.82, 2.24) is 4.90 Å². The third kappa shape index (κ3) is 1.92. The van der Waals surface area contributed by atoms with E-state index in [1.807, 2.05) is 0 Å². The Balaban J connectivity index is 1.80. The Kier molecular flexibility index (Phi) is 3.25. The van der Waals surface area contributed by atoms with E-state index in [0.29, 0.717) is 6.04 Å². The van der Waals surface area contributed by atoms with Gasteiger partial charge >= 0.3 is 0 Å². The number of nitrogens with zero attached hydrogens (tertiary/aromatic N) is 2. The molecule has 1 heterocycles. The van der Waals surface area contributed by atoms with E-state index in [-0.39, 0.29) is 5.54 Å². The fourth-order valence-corrected chi connectivity index (χ4v) is 4.47. The molecule has 1 aliphatic heterocycles. The highest BCUT2D eigenvalue weighted by atomic mass is 15.4. The fourth-order valence-electron chi connectivity index (χ4n) is 4.47. The van der Waals surface area contributed by atoms with Crippen molar-refractivity contribution in [1.29, 1.82) is 0 Å². The van der Waals surface area contributed by atoms with Gasteiger partial charge in [-0.2, -0.15) is 0 Å². The molecule has 0 saturated heterocycles. The highest BCUT2D eigenvalue weighted by molar-refractivity contribution is 5.81. The molecule has 3 nitrogen and oxygen atoms in total. The Bertz CT molecular complexity index is 327. The van der Waals surface area contributed by atoms with Gasteiger partial charge in [0.25, 0.3) is 0 Å². The van der Waals surface area contributed by atoms with E-state index in [1.165, 1.54) is 57.8 Å². The first kappa shape index (κ1) is 12.3. The normalized spacial score (nSPS) is 35.2. The van der Waals surface area contributed by atoms with Gasteiger partial charge in [0.05, 0.1) is 12.1 Å². The van der Waals surface area contributed by atoms with E-state index < -0.39 is 0 Å². The lowest BCUT2D eigenvalue weighted by Crippen LogP contribution is -2.58. The smallest absolute Gasteiger partial charge is 0.192 e. The number of guanidine groups is 1. The Morgan fingerprint density at radius 1 is 1.06 bits per heavy atom. The average molecular weight is 249 g/mol. The van der Waals surface area contributed by atoms with Gasteiger partial charge in [-0.15, -0.1) is 0 Å². The van der Waals surface area contributed by atoms with Crippen LogP contribution in [0.1, 0.15) is 64.7 Å². The third-order valence-corrected chi connectivity index (χ3v) is 5.53. The topological polar surface area (TPSA) is 41.6 Å². The molecule has 3 rings (SSSR count). The van der Waals surface area contributed by atoms with Crippen molar-refractivity contribution in [2.75, 3.05) is 6.54 Å². The fraction of sp³-hybridized carbons (Fsp3) is 0.933. The summed E-state index contributed by atoms with van der Waals surface area (Å²) in [7, 11) is 0. The molecule has 2 fully saturated rings. The highest BCUT2D eigenvalue weighted by Crippen LogP contribution is 2.42. The van der Waals surface area contributed by atoms with E-state index in [2.05, 4.69) is 16.8 Å². The minimum atomic E-state index is 0.222. The molecule has 18 heavy (non-hydrogen) atoms. The van der Waals surface area contributed by atoms with E-state index in [1.54, 1.807) is 0 Å². The molecule has 102 valence electrons. The first-order chi connectivity index (χ1) is 8.72. The van der Waals surface area contributed by atoms with Crippen LogP contribution in [0.25, 0.3) is 0 Å². The second kappa shape index (κ2) is 4.75. The summed E-state index contributed by atoms with van der Waals surface area (Å²) in [6.45, 7) is 3.35. The summed E-state index contributed by atoms with van der Waals surface area (Å²) < 4.78 is 0. The maximum absolute atomic E-state index is 6.22. The van der Waals surface area contributed by atoms with Gasteiger partial charge < -0.3 is 10.6 Å². The average Bonchev–Trinajstić information content (AvgIpc) is 3.00. The molecule has 0 aromatic carbocycles. The lowest BCUT2D eigenvalue weighted by Gasteiger charge is -2.46. The molecule has 0 amide bonds. The Morgan fingerprint density at radius 2 is 1.67 bits per heavy atom. The second-order valence-electron chi connectivity index (χ2n) is 6.67. The van der Waals surface area contributed by atoms with Crippen molar-refractivity contribution in [3.8, 4) is 0 Å². The van der Waals surface area contributed by atoms with Crippen LogP contribution in [0.4, 0.5) is 0 Å². The summed E-state index contributed by atoms with van der Waals surface area (Å²) in [5.74, 6) is 1.63. The Hall–Kier alpha value is -0.730. The van der Waals surface area contributed by atoms with Gasteiger partial charge in [0.2, 0.25) is 0 Å². The summed E-state index contributed by atoms with van der Waals surface area (Å²) in [4.78, 5) is 7.13. The van der Waals surface area contributed by atoms with Crippen LogP contribution >= 0.6 is 0 Å². The quantitative estimate of drug-likeness (QED) is 0.817. The summed E-state index contributed by atoms with van der Waals surface area (Å²) >= 11 is 0. The number of aliphatic imine (C=N–C) groups is 1. The molecular weight excluding hydrogens is 222 g/mol. The molecule has 0 spiro atoms. The minimum absolute atomic E-state index is 0.222. The standard InChI is InChI=1S/C15H27N3/c1-15(12-7-3-2-4-8-12)11-17-14(16)18(15)13-9-5-6-10-13/h12-13H,2-11H2,1H3,(H2,16,17). The minimum Gasteiger partial charge on any atom is -0.370 e. The SMILES string of the molecule is CC1(C2CCCCC2)CN=C(N)N1C1CCCC1. The molecule has 2 N–H and O–H groups in total. The monoisotopic (exact) mass is 249 g/mol. The van der Waals surface area contributed by atoms with Crippen LogP contribution in [0.15, 0.2) is 4.99 Å². The Morgan fingerprint density at radius 3 is 2.33 bits per heavy atom. The summed E-state index contributed by atoms with van der Waals surface area (Å²) in [5, 5.41) is 0. The van der Waals surface area contributed by atoms with E-state index in [4.69, 9.17) is 5.73 Å². The molecular formula is C15H27N3. The lowest BCUT2D eigenvalue weighted by molar-refractivity contribution is 0.0775. The van der Waals surface area contributed by atoms with Crippen LogP contribution in [-0.4, -0.2) is 29.0 Å². The first-order valence-corrected chi connectivity index (χ1v) is 7.81. The van der Waals surface area contributed by atoms with Gasteiger partial charge in [0.1, 0.15) is 0 Å². The van der Waals surface area contributed by atoms with Crippen molar-refractivity contribution in [3.05, 3.63) is 0 Å². The number of nitrogens with two attached hydrogens (primary N) is 1. The molecule has 2 saturated carbocycles. The predicted octanol–water partition coefficient (Wildman–Crippen LogP) is 2.90. The predicted molar refractivity (Wildman–Crippen MR) is 75.6 cm³/mol. The van der Waals surface area contributed by atoms with Gasteiger partial charge in [-0.25, -0.2) is 0 Å². The van der Waals surface area contributed by atoms with Crippen molar-refractivity contribution in [2.24, 2.45) is 16.6 Å². The molecule has 0 bridgehead atoms. The lowest BCUT2D eigenvalue weighted by atomic mass is 9.74. The molecule has 0 aromatic heterocycles. The third-order valence-electron chi connectivity index (χ3n) is 5.53. The summed E-state index contributed by atoms with van der Waals surface area (Å²) in [6, 6.07) is 0.670. The van der Waals surface area contributed by atoms with Crippen LogP contribution in [0.2, 0.25) is 0 Å². The summed E-state index contributed by atoms with van der Waals surface area (Å²) in [6.07, 6.45) is 12.4. The first-order valence-electron chi connectivity index (χ1n) is 7.81. The highest BCUT2D eigenvalue weighted by Gasteiger charge is 2.47. The van der Waals surface area contributed by atoms with Crippen molar-refractivity contribution in [3.63, 3.8) is 0 Å². The largest absolute Gasteiger partial charge is 0.370 e. The molecule has 0 radical (unpaired) electrons. The zero-order valence-electron chi connectivity index (χ0n) is 11.7. The van der Waals surface area contributed by atoms with Crippen LogP contribution in [0.3, 0.4) is 0 Å². The number of rotatable bonds is 2. The molecule has 0 aromatic rings. The van der Waals surface area contributed by atoms with Crippen molar-refractivity contribution < 1.29 is 0 Å². The van der Waals surface area contributed by atoms with Crippen LogP contribution in [-0.2, 0) is 0 Å². The maximum atomic E-state index is 6.22. The van der Waals surface area contributed by atoms with Gasteiger partial charge in [-0.1, -0.05) is 32.1 Å². The molecule has 3 aliphatic rings. The van der Waals surface area contributed by atoms with Gasteiger partial charge in [0.15, 0.2) is 5.96 Å². The van der Waals surface area contributed by atoms with Gasteiger partial charge in [-0.05, 0) is 38.5 Å². The maximum Gasteiger partial charge on any atom is 0.192 e. The molecule has 2 aliphatic carbocycles. The number of hydrogen-bond donors (Lipinski definition) is 1. The zero-order chi connectivity index (χ0) is 12.6. The van der Waals surface area contributed by atoms with Crippen LogP contribution < -0.4 is 5.73 Å². The second-order valence-corrected chi connectivity index (χ2v) is 6.67. The number of hydrogen-bond acceptors (Lipinski definition) is 3. The van der Waals surface area contributed by atoms with Crippen LogP contribution in [0, 0.1) is 5.92 Å². The van der Waals surface area contributed by atoms with E-state index in [0.717, 1.165) is 18.4 Å². The molecule has 3 heteroatoms.